The highest BCUT2D eigenvalue weighted by Gasteiger charge is 2.18. The summed E-state index contributed by atoms with van der Waals surface area (Å²) in [6.45, 7) is 6.77. The molecule has 0 spiro atoms. The Balaban J connectivity index is 3.13. The van der Waals surface area contributed by atoms with Crippen molar-refractivity contribution < 1.29 is 19.4 Å². The Morgan fingerprint density at radius 2 is 1.84 bits per heavy atom. The molecule has 0 amide bonds. The first kappa shape index (κ1) is 15.8. The molecule has 0 aliphatic carbocycles. The summed E-state index contributed by atoms with van der Waals surface area (Å²) >= 11 is 3.44. The number of hydrogen-bond acceptors (Lipinski definition) is 3. The zero-order valence-electron chi connectivity index (χ0n) is 11.4. The predicted molar refractivity (Wildman–Crippen MR) is 77.1 cm³/mol. The summed E-state index contributed by atoms with van der Waals surface area (Å²) in [5.74, 6) is 0.450. The molecule has 0 heterocycles. The SMILES string of the molecule is CCOc1cc(OCC)c(C(C)CC(=O)O)cc1Br. The van der Waals surface area contributed by atoms with Gasteiger partial charge in [-0.15, -0.1) is 0 Å². The number of carboxylic acid groups (broad SMARTS) is 1. The zero-order chi connectivity index (χ0) is 14.4. The fraction of sp³-hybridized carbons (Fsp3) is 0.500. The minimum absolute atomic E-state index is 0.0699. The molecule has 0 aliphatic heterocycles. The number of halogens is 1. The van der Waals surface area contributed by atoms with Gasteiger partial charge in [0.25, 0.3) is 0 Å². The van der Waals surface area contributed by atoms with Crippen LogP contribution in [0.5, 0.6) is 11.5 Å². The molecule has 1 unspecified atom stereocenters. The number of benzene rings is 1. The summed E-state index contributed by atoms with van der Waals surface area (Å²) in [6, 6.07) is 3.69. The number of carbonyl (C=O) groups is 1. The fourth-order valence-electron chi connectivity index (χ4n) is 1.85. The molecule has 1 atom stereocenters. The van der Waals surface area contributed by atoms with Gasteiger partial charge in [0.05, 0.1) is 24.1 Å². The number of carboxylic acids is 1. The van der Waals surface area contributed by atoms with E-state index in [4.69, 9.17) is 14.6 Å². The number of aliphatic carboxylic acids is 1. The van der Waals surface area contributed by atoms with Crippen molar-refractivity contribution in [1.82, 2.24) is 0 Å². The Labute approximate surface area is 121 Å². The van der Waals surface area contributed by atoms with Crippen LogP contribution in [0.2, 0.25) is 0 Å². The second-order valence-corrected chi connectivity index (χ2v) is 5.04. The fourth-order valence-corrected chi connectivity index (χ4v) is 2.33. The van der Waals surface area contributed by atoms with E-state index in [9.17, 15) is 4.79 Å². The smallest absolute Gasteiger partial charge is 0.303 e. The van der Waals surface area contributed by atoms with Crippen LogP contribution in [0, 0.1) is 0 Å². The summed E-state index contributed by atoms with van der Waals surface area (Å²) in [5, 5.41) is 8.90. The van der Waals surface area contributed by atoms with Gasteiger partial charge in [0, 0.05) is 6.07 Å². The molecule has 1 N–H and O–H groups in total. The topological polar surface area (TPSA) is 55.8 Å². The molecule has 4 nitrogen and oxygen atoms in total. The molecule has 5 heteroatoms. The van der Waals surface area contributed by atoms with Gasteiger partial charge >= 0.3 is 5.97 Å². The van der Waals surface area contributed by atoms with E-state index in [1.54, 1.807) is 0 Å². The van der Waals surface area contributed by atoms with Crippen molar-refractivity contribution in [1.29, 1.82) is 0 Å². The first-order chi connectivity index (χ1) is 8.99. The third-order valence-corrected chi connectivity index (χ3v) is 3.30. The lowest BCUT2D eigenvalue weighted by molar-refractivity contribution is -0.137. The lowest BCUT2D eigenvalue weighted by Gasteiger charge is -2.17. The zero-order valence-corrected chi connectivity index (χ0v) is 13.0. The van der Waals surface area contributed by atoms with E-state index in [0.29, 0.717) is 24.7 Å². The average molecular weight is 331 g/mol. The first-order valence-corrected chi connectivity index (χ1v) is 7.09. The highest BCUT2D eigenvalue weighted by Crippen LogP contribution is 2.37. The molecule has 0 aliphatic rings. The van der Waals surface area contributed by atoms with Gasteiger partial charge in [-0.05, 0) is 47.3 Å². The molecule has 0 saturated carbocycles. The van der Waals surface area contributed by atoms with Gasteiger partial charge in [0.15, 0.2) is 0 Å². The maximum Gasteiger partial charge on any atom is 0.303 e. The van der Waals surface area contributed by atoms with Crippen molar-refractivity contribution in [2.45, 2.75) is 33.1 Å². The van der Waals surface area contributed by atoms with E-state index in [1.165, 1.54) is 0 Å². The number of ether oxygens (including phenoxy) is 2. The minimum atomic E-state index is -0.819. The third kappa shape index (κ3) is 4.42. The molecule has 106 valence electrons. The second kappa shape index (κ2) is 7.38. The lowest BCUT2D eigenvalue weighted by atomic mass is 9.96. The first-order valence-electron chi connectivity index (χ1n) is 6.30. The quantitative estimate of drug-likeness (QED) is 0.825. The van der Waals surface area contributed by atoms with Gasteiger partial charge in [-0.25, -0.2) is 0 Å². The van der Waals surface area contributed by atoms with Crippen LogP contribution in [0.25, 0.3) is 0 Å². The van der Waals surface area contributed by atoms with Crippen LogP contribution < -0.4 is 9.47 Å². The molecule has 1 rings (SSSR count). The van der Waals surface area contributed by atoms with E-state index in [0.717, 1.165) is 10.0 Å². The summed E-state index contributed by atoms with van der Waals surface area (Å²) in [7, 11) is 0. The molecule has 0 fully saturated rings. The predicted octanol–water partition coefficient (Wildman–Crippen LogP) is 3.82. The Kier molecular flexibility index (Phi) is 6.15. The summed E-state index contributed by atoms with van der Waals surface area (Å²) in [4.78, 5) is 10.8. The van der Waals surface area contributed by atoms with Crippen molar-refractivity contribution in [3.63, 3.8) is 0 Å². The van der Waals surface area contributed by atoms with Crippen molar-refractivity contribution in [2.24, 2.45) is 0 Å². The van der Waals surface area contributed by atoms with Crippen LogP contribution in [0.3, 0.4) is 0 Å². The van der Waals surface area contributed by atoms with Crippen LogP contribution in [-0.4, -0.2) is 24.3 Å². The molecular weight excluding hydrogens is 312 g/mol. The maximum atomic E-state index is 10.8. The lowest BCUT2D eigenvalue weighted by Crippen LogP contribution is -2.06. The summed E-state index contributed by atoms with van der Waals surface area (Å²) in [5.41, 5.74) is 0.875. The number of rotatable bonds is 7. The van der Waals surface area contributed by atoms with Crippen molar-refractivity contribution in [3.05, 3.63) is 22.2 Å². The highest BCUT2D eigenvalue weighted by atomic mass is 79.9. The monoisotopic (exact) mass is 330 g/mol. The van der Waals surface area contributed by atoms with Crippen LogP contribution in [0.15, 0.2) is 16.6 Å². The van der Waals surface area contributed by atoms with Gasteiger partial charge < -0.3 is 14.6 Å². The van der Waals surface area contributed by atoms with E-state index in [-0.39, 0.29) is 12.3 Å². The normalized spacial score (nSPS) is 12.0. The van der Waals surface area contributed by atoms with Crippen LogP contribution in [0.1, 0.15) is 38.7 Å². The van der Waals surface area contributed by atoms with Gasteiger partial charge in [-0.3, -0.25) is 4.79 Å². The second-order valence-electron chi connectivity index (χ2n) is 4.19. The largest absolute Gasteiger partial charge is 0.493 e. The van der Waals surface area contributed by atoms with Gasteiger partial charge in [0.1, 0.15) is 11.5 Å². The maximum absolute atomic E-state index is 10.8. The van der Waals surface area contributed by atoms with E-state index in [2.05, 4.69) is 15.9 Å². The summed E-state index contributed by atoms with van der Waals surface area (Å²) < 4.78 is 11.9. The molecule has 0 aromatic heterocycles. The molecular formula is C14H19BrO4. The van der Waals surface area contributed by atoms with Crippen LogP contribution >= 0.6 is 15.9 Å². The molecule has 19 heavy (non-hydrogen) atoms. The molecule has 0 saturated heterocycles. The highest BCUT2D eigenvalue weighted by molar-refractivity contribution is 9.10. The van der Waals surface area contributed by atoms with E-state index in [1.807, 2.05) is 32.9 Å². The molecule has 0 radical (unpaired) electrons. The van der Waals surface area contributed by atoms with Crippen LogP contribution in [0.4, 0.5) is 0 Å². The minimum Gasteiger partial charge on any atom is -0.493 e. The average Bonchev–Trinajstić information content (AvgIpc) is 2.32. The summed E-state index contributed by atoms with van der Waals surface area (Å²) in [6.07, 6.45) is 0.0699. The standard InChI is InChI=1S/C14H19BrO4/c1-4-18-12-8-13(19-5-2)11(15)7-10(12)9(3)6-14(16)17/h7-9H,4-6H2,1-3H3,(H,16,17). The Hall–Kier alpha value is -1.23. The Morgan fingerprint density at radius 3 is 2.37 bits per heavy atom. The van der Waals surface area contributed by atoms with E-state index >= 15 is 0 Å². The van der Waals surface area contributed by atoms with Gasteiger partial charge in [-0.1, -0.05) is 6.92 Å². The molecule has 1 aromatic rings. The van der Waals surface area contributed by atoms with Crippen molar-refractivity contribution in [2.75, 3.05) is 13.2 Å². The Morgan fingerprint density at radius 1 is 1.26 bits per heavy atom. The van der Waals surface area contributed by atoms with Gasteiger partial charge in [-0.2, -0.15) is 0 Å². The third-order valence-electron chi connectivity index (χ3n) is 2.68. The Bertz CT molecular complexity index is 445. The molecule has 1 aromatic carbocycles. The number of hydrogen-bond donors (Lipinski definition) is 1. The van der Waals surface area contributed by atoms with Crippen molar-refractivity contribution in [3.8, 4) is 11.5 Å². The molecule has 0 bridgehead atoms. The van der Waals surface area contributed by atoms with E-state index < -0.39 is 5.97 Å². The van der Waals surface area contributed by atoms with Crippen molar-refractivity contribution >= 4 is 21.9 Å². The van der Waals surface area contributed by atoms with Crippen LogP contribution in [-0.2, 0) is 4.79 Å². The van der Waals surface area contributed by atoms with Gasteiger partial charge in [0.2, 0.25) is 0 Å².